The second kappa shape index (κ2) is 9.09. The van der Waals surface area contributed by atoms with Crippen molar-refractivity contribution >= 4 is 21.6 Å². The molecule has 0 aliphatic heterocycles. The van der Waals surface area contributed by atoms with E-state index in [1.54, 1.807) is 28.6 Å². The highest BCUT2D eigenvalue weighted by molar-refractivity contribution is 7.89. The number of amides is 1. The highest BCUT2D eigenvalue weighted by Crippen LogP contribution is 2.28. The Hall–Kier alpha value is -2.18. The number of nitrogens with zero attached hydrogens (tertiary/aromatic N) is 1. The number of carbonyl (C=O) groups is 1. The normalized spacial score (nSPS) is 15.4. The standard InChI is InChI=1S/C23H30N2O3S/c1-4-25(20-8-6-5-7-9-20)29(27,28)21-14-12-19(13-15-21)23(26)24-22-16-17(2)10-11-18(22)3/h10-16,20H,4-9H2,1-3H3,(H,24,26). The molecular formula is C23H30N2O3S. The second-order valence-corrected chi connectivity index (χ2v) is 9.69. The van der Waals surface area contributed by atoms with Gasteiger partial charge in [0, 0.05) is 23.8 Å². The maximum Gasteiger partial charge on any atom is 0.255 e. The van der Waals surface area contributed by atoms with Gasteiger partial charge in [0.1, 0.15) is 0 Å². The summed E-state index contributed by atoms with van der Waals surface area (Å²) in [6, 6.07) is 12.2. The summed E-state index contributed by atoms with van der Waals surface area (Å²) in [4.78, 5) is 12.8. The van der Waals surface area contributed by atoms with Gasteiger partial charge in [0.05, 0.1) is 4.90 Å². The first-order valence-electron chi connectivity index (χ1n) is 10.3. The molecule has 1 aliphatic rings. The molecule has 1 aliphatic carbocycles. The van der Waals surface area contributed by atoms with Crippen molar-refractivity contribution in [2.24, 2.45) is 0 Å². The molecule has 1 N–H and O–H groups in total. The molecule has 5 nitrogen and oxygen atoms in total. The lowest BCUT2D eigenvalue weighted by Crippen LogP contribution is -2.41. The minimum Gasteiger partial charge on any atom is -0.322 e. The average Bonchev–Trinajstić information content (AvgIpc) is 2.72. The van der Waals surface area contributed by atoms with Crippen molar-refractivity contribution in [2.45, 2.75) is 63.8 Å². The maximum absolute atomic E-state index is 13.1. The number of rotatable bonds is 6. The maximum atomic E-state index is 13.1. The van der Waals surface area contributed by atoms with E-state index < -0.39 is 10.0 Å². The number of anilines is 1. The van der Waals surface area contributed by atoms with Gasteiger partial charge < -0.3 is 5.32 Å². The molecule has 0 heterocycles. The summed E-state index contributed by atoms with van der Waals surface area (Å²) in [6.45, 7) is 6.26. The van der Waals surface area contributed by atoms with Crippen LogP contribution >= 0.6 is 0 Å². The minimum atomic E-state index is -3.56. The van der Waals surface area contributed by atoms with Crippen LogP contribution < -0.4 is 5.32 Å². The molecule has 0 bridgehead atoms. The van der Waals surface area contributed by atoms with Crippen LogP contribution in [0.25, 0.3) is 0 Å². The van der Waals surface area contributed by atoms with Gasteiger partial charge >= 0.3 is 0 Å². The highest BCUT2D eigenvalue weighted by Gasteiger charge is 2.31. The first-order valence-corrected chi connectivity index (χ1v) is 11.8. The van der Waals surface area contributed by atoms with Gasteiger partial charge in [-0.05, 0) is 68.1 Å². The Morgan fingerprint density at radius 2 is 1.69 bits per heavy atom. The van der Waals surface area contributed by atoms with E-state index in [2.05, 4.69) is 5.32 Å². The van der Waals surface area contributed by atoms with Crippen LogP contribution in [0.2, 0.25) is 0 Å². The van der Waals surface area contributed by atoms with Crippen LogP contribution in [0.3, 0.4) is 0 Å². The van der Waals surface area contributed by atoms with Crippen LogP contribution in [-0.4, -0.2) is 31.2 Å². The third-order valence-corrected chi connectivity index (χ3v) is 7.70. The van der Waals surface area contributed by atoms with Gasteiger partial charge in [0.2, 0.25) is 10.0 Å². The highest BCUT2D eigenvalue weighted by atomic mass is 32.2. The number of sulfonamides is 1. The zero-order valence-corrected chi connectivity index (χ0v) is 18.3. The fourth-order valence-electron chi connectivity index (χ4n) is 3.97. The van der Waals surface area contributed by atoms with Crippen LogP contribution in [0, 0.1) is 13.8 Å². The molecule has 29 heavy (non-hydrogen) atoms. The van der Waals surface area contributed by atoms with Crippen LogP contribution in [-0.2, 0) is 10.0 Å². The number of nitrogens with one attached hydrogen (secondary N) is 1. The van der Waals surface area contributed by atoms with E-state index in [0.29, 0.717) is 12.1 Å². The summed E-state index contributed by atoms with van der Waals surface area (Å²) in [7, 11) is -3.56. The monoisotopic (exact) mass is 414 g/mol. The smallest absolute Gasteiger partial charge is 0.255 e. The van der Waals surface area contributed by atoms with Crippen LogP contribution in [0.5, 0.6) is 0 Å². The molecule has 0 radical (unpaired) electrons. The van der Waals surface area contributed by atoms with Gasteiger partial charge in [-0.2, -0.15) is 4.31 Å². The van der Waals surface area contributed by atoms with Gasteiger partial charge in [-0.3, -0.25) is 4.79 Å². The van der Waals surface area contributed by atoms with Gasteiger partial charge in [-0.1, -0.05) is 38.3 Å². The molecule has 1 saturated carbocycles. The lowest BCUT2D eigenvalue weighted by Gasteiger charge is -2.32. The van der Waals surface area contributed by atoms with Crippen molar-refractivity contribution in [2.75, 3.05) is 11.9 Å². The molecular weight excluding hydrogens is 384 g/mol. The number of hydrogen-bond donors (Lipinski definition) is 1. The predicted molar refractivity (Wildman–Crippen MR) is 117 cm³/mol. The Bertz CT molecular complexity index is 962. The third kappa shape index (κ3) is 4.87. The van der Waals surface area contributed by atoms with Gasteiger partial charge in [0.25, 0.3) is 5.91 Å². The van der Waals surface area contributed by atoms with Crippen molar-refractivity contribution in [3.63, 3.8) is 0 Å². The summed E-state index contributed by atoms with van der Waals surface area (Å²) in [5.41, 5.74) is 3.25. The van der Waals surface area contributed by atoms with Crippen LogP contribution in [0.15, 0.2) is 47.4 Å². The fourth-order valence-corrected chi connectivity index (χ4v) is 5.67. The van der Waals surface area contributed by atoms with E-state index in [0.717, 1.165) is 42.5 Å². The Morgan fingerprint density at radius 1 is 1.03 bits per heavy atom. The molecule has 0 spiro atoms. The largest absolute Gasteiger partial charge is 0.322 e. The van der Waals surface area contributed by atoms with Crippen molar-refractivity contribution in [3.8, 4) is 0 Å². The SMILES string of the molecule is CCN(C1CCCCC1)S(=O)(=O)c1ccc(C(=O)Nc2cc(C)ccc2C)cc1. The first-order chi connectivity index (χ1) is 13.8. The molecule has 1 amide bonds. The van der Waals surface area contributed by atoms with Gasteiger partial charge in [-0.15, -0.1) is 0 Å². The number of carbonyl (C=O) groups excluding carboxylic acids is 1. The Balaban J connectivity index is 1.77. The summed E-state index contributed by atoms with van der Waals surface area (Å²) in [6.07, 6.45) is 5.17. The van der Waals surface area contributed by atoms with Crippen molar-refractivity contribution < 1.29 is 13.2 Å². The molecule has 3 rings (SSSR count). The van der Waals surface area contributed by atoms with Crippen LogP contribution in [0.4, 0.5) is 5.69 Å². The topological polar surface area (TPSA) is 66.5 Å². The van der Waals surface area contributed by atoms with Gasteiger partial charge in [0.15, 0.2) is 0 Å². The molecule has 156 valence electrons. The third-order valence-electron chi connectivity index (χ3n) is 5.66. The van der Waals surface area contributed by atoms with E-state index in [1.807, 2.05) is 39.0 Å². The number of benzene rings is 2. The summed E-state index contributed by atoms with van der Waals surface area (Å²) >= 11 is 0. The molecule has 0 unspecified atom stereocenters. The Kier molecular flexibility index (Phi) is 6.75. The van der Waals surface area contributed by atoms with Crippen LogP contribution in [0.1, 0.15) is 60.5 Å². The van der Waals surface area contributed by atoms with E-state index in [-0.39, 0.29) is 16.8 Å². The zero-order valence-electron chi connectivity index (χ0n) is 17.4. The predicted octanol–water partition coefficient (Wildman–Crippen LogP) is 4.90. The van der Waals surface area contributed by atoms with E-state index in [4.69, 9.17) is 0 Å². The van der Waals surface area contributed by atoms with Gasteiger partial charge in [-0.25, -0.2) is 8.42 Å². The summed E-state index contributed by atoms with van der Waals surface area (Å²) in [5.74, 6) is -0.248. The Morgan fingerprint density at radius 3 is 2.31 bits per heavy atom. The number of aryl methyl sites for hydroxylation is 2. The van der Waals surface area contributed by atoms with Crippen molar-refractivity contribution in [3.05, 3.63) is 59.2 Å². The van der Waals surface area contributed by atoms with E-state index in [9.17, 15) is 13.2 Å². The van der Waals surface area contributed by atoms with Crippen molar-refractivity contribution in [1.29, 1.82) is 0 Å². The molecule has 0 saturated heterocycles. The fraction of sp³-hybridized carbons (Fsp3) is 0.435. The summed E-state index contributed by atoms with van der Waals surface area (Å²) < 4.78 is 27.9. The minimum absolute atomic E-state index is 0.0750. The summed E-state index contributed by atoms with van der Waals surface area (Å²) in [5, 5.41) is 2.91. The quantitative estimate of drug-likeness (QED) is 0.731. The number of hydrogen-bond acceptors (Lipinski definition) is 3. The van der Waals surface area contributed by atoms with E-state index in [1.165, 1.54) is 6.42 Å². The molecule has 1 fully saturated rings. The lowest BCUT2D eigenvalue weighted by molar-refractivity contribution is 0.102. The molecule has 6 heteroatoms. The molecule has 0 aromatic heterocycles. The molecule has 2 aromatic carbocycles. The van der Waals surface area contributed by atoms with E-state index >= 15 is 0 Å². The first kappa shape index (κ1) is 21.5. The Labute approximate surface area is 174 Å². The second-order valence-electron chi connectivity index (χ2n) is 7.80. The van der Waals surface area contributed by atoms with Crippen molar-refractivity contribution in [1.82, 2.24) is 4.31 Å². The zero-order chi connectivity index (χ0) is 21.0. The molecule has 0 atom stereocenters. The lowest BCUT2D eigenvalue weighted by atomic mass is 9.95. The average molecular weight is 415 g/mol. The molecule has 2 aromatic rings.